The fourth-order valence-corrected chi connectivity index (χ4v) is 5.81. The number of amides is 1. The number of aromatic nitrogens is 2. The summed E-state index contributed by atoms with van der Waals surface area (Å²) in [4.78, 5) is 39.4. The Morgan fingerprint density at radius 2 is 1.91 bits per heavy atom. The maximum atomic E-state index is 13.1. The van der Waals surface area contributed by atoms with Crippen LogP contribution < -0.4 is 0 Å². The van der Waals surface area contributed by atoms with Gasteiger partial charge in [0.2, 0.25) is 5.91 Å². The predicted molar refractivity (Wildman–Crippen MR) is 134 cm³/mol. The first-order valence-corrected chi connectivity index (χ1v) is 13.2. The lowest BCUT2D eigenvalue weighted by Gasteiger charge is -2.37. The molecule has 2 aromatic heterocycles. The lowest BCUT2D eigenvalue weighted by Crippen LogP contribution is -2.43. The standard InChI is InChI=1S/C28H36N4O3/c1-3-22-8-7-21(19-29-22)24-10-9-23-25(30-24)27(34)35-28(23)13-11-20(12-14-28)26(33)31(2)17-18-32-15-5-4-6-16-32/h7-10,19-20H,3-6,11-18H2,1-2H3/t20-,28-. The van der Waals surface area contributed by atoms with Crippen LogP contribution >= 0.6 is 0 Å². The first-order chi connectivity index (χ1) is 17.0. The number of aryl methyl sites for hydroxylation is 1. The maximum absolute atomic E-state index is 13.1. The van der Waals surface area contributed by atoms with Gasteiger partial charge < -0.3 is 14.5 Å². The summed E-state index contributed by atoms with van der Waals surface area (Å²) < 4.78 is 5.95. The number of ether oxygens (including phenoxy) is 1. The molecule has 1 aliphatic carbocycles. The van der Waals surface area contributed by atoms with Gasteiger partial charge in [0.1, 0.15) is 5.60 Å². The van der Waals surface area contributed by atoms with Crippen LogP contribution in [0.2, 0.25) is 0 Å². The van der Waals surface area contributed by atoms with E-state index < -0.39 is 5.60 Å². The number of fused-ring (bicyclic) bond motifs is 2. The number of carbonyl (C=O) groups excluding carboxylic acids is 2. The molecular weight excluding hydrogens is 440 g/mol. The Bertz CT molecular complexity index is 1070. The number of likely N-dealkylation sites (tertiary alicyclic amines) is 1. The van der Waals surface area contributed by atoms with Crippen molar-refractivity contribution in [2.45, 2.75) is 63.9 Å². The zero-order valence-corrected chi connectivity index (χ0v) is 21.0. The van der Waals surface area contributed by atoms with E-state index in [2.05, 4.69) is 21.8 Å². The summed E-state index contributed by atoms with van der Waals surface area (Å²) in [7, 11) is 1.93. The molecule has 3 aliphatic rings. The van der Waals surface area contributed by atoms with Gasteiger partial charge in [-0.3, -0.25) is 9.78 Å². The van der Waals surface area contributed by atoms with Crippen LogP contribution in [0.1, 0.15) is 73.6 Å². The Labute approximate surface area is 207 Å². The molecule has 0 N–H and O–H groups in total. The van der Waals surface area contributed by atoms with Crippen LogP contribution in [0.5, 0.6) is 0 Å². The number of likely N-dealkylation sites (N-methyl/N-ethyl adjacent to an activating group) is 1. The number of pyridine rings is 2. The molecule has 0 unspecified atom stereocenters. The molecule has 7 nitrogen and oxygen atoms in total. The number of piperidine rings is 1. The summed E-state index contributed by atoms with van der Waals surface area (Å²) in [6.45, 7) is 6.10. The fourth-order valence-electron chi connectivity index (χ4n) is 5.81. The Kier molecular flexibility index (Phi) is 6.87. The molecule has 0 atom stereocenters. The van der Waals surface area contributed by atoms with Gasteiger partial charge in [-0.2, -0.15) is 0 Å². The molecule has 2 fully saturated rings. The summed E-state index contributed by atoms with van der Waals surface area (Å²) in [5, 5.41) is 0. The van der Waals surface area contributed by atoms with Crippen LogP contribution in [0.4, 0.5) is 0 Å². The summed E-state index contributed by atoms with van der Waals surface area (Å²) in [6.07, 6.45) is 9.32. The second-order valence-electron chi connectivity index (χ2n) is 10.3. The van der Waals surface area contributed by atoms with Crippen LogP contribution in [-0.4, -0.2) is 64.9 Å². The molecule has 1 saturated carbocycles. The van der Waals surface area contributed by atoms with Crippen LogP contribution in [0, 0.1) is 5.92 Å². The fraction of sp³-hybridized carbons (Fsp3) is 0.571. The minimum atomic E-state index is -0.647. The maximum Gasteiger partial charge on any atom is 0.358 e. The third-order valence-electron chi connectivity index (χ3n) is 8.07. The number of esters is 1. The lowest BCUT2D eigenvalue weighted by molar-refractivity contribution is -0.137. The van der Waals surface area contributed by atoms with Gasteiger partial charge in [-0.25, -0.2) is 9.78 Å². The minimum Gasteiger partial charge on any atom is -0.449 e. The van der Waals surface area contributed by atoms with Crippen molar-refractivity contribution >= 4 is 11.9 Å². The van der Waals surface area contributed by atoms with Gasteiger partial charge in [0.15, 0.2) is 5.69 Å². The van der Waals surface area contributed by atoms with E-state index in [4.69, 9.17) is 4.74 Å². The van der Waals surface area contributed by atoms with Crippen molar-refractivity contribution < 1.29 is 14.3 Å². The van der Waals surface area contributed by atoms with Gasteiger partial charge in [0.25, 0.3) is 0 Å². The molecule has 0 radical (unpaired) electrons. The monoisotopic (exact) mass is 476 g/mol. The average Bonchev–Trinajstić information content (AvgIpc) is 3.18. The molecule has 4 heterocycles. The van der Waals surface area contributed by atoms with Gasteiger partial charge in [0.05, 0.1) is 5.69 Å². The molecule has 0 aromatic carbocycles. The predicted octanol–water partition coefficient (Wildman–Crippen LogP) is 4.21. The summed E-state index contributed by atoms with van der Waals surface area (Å²) >= 11 is 0. The summed E-state index contributed by atoms with van der Waals surface area (Å²) in [5.41, 5.74) is 3.27. The SMILES string of the molecule is CCc1ccc(-c2ccc3c(n2)C(=O)O[C@]32CC[C@H](C(=O)N(C)CCN3CCCCC3)CC2)cn1. The zero-order valence-electron chi connectivity index (χ0n) is 21.0. The molecule has 186 valence electrons. The van der Waals surface area contributed by atoms with Gasteiger partial charge in [-0.1, -0.05) is 19.4 Å². The van der Waals surface area contributed by atoms with Gasteiger partial charge >= 0.3 is 5.97 Å². The molecule has 2 aliphatic heterocycles. The Morgan fingerprint density at radius 3 is 2.60 bits per heavy atom. The van der Waals surface area contributed by atoms with E-state index in [1.165, 1.54) is 19.3 Å². The minimum absolute atomic E-state index is 0.00915. The van der Waals surface area contributed by atoms with Crippen molar-refractivity contribution in [2.75, 3.05) is 33.2 Å². The van der Waals surface area contributed by atoms with Crippen LogP contribution in [0.3, 0.4) is 0 Å². The Hall–Kier alpha value is -2.80. The number of hydrogen-bond donors (Lipinski definition) is 0. The Morgan fingerprint density at radius 1 is 1.14 bits per heavy atom. The number of carbonyl (C=O) groups is 2. The second kappa shape index (κ2) is 10.1. The molecule has 0 bridgehead atoms. The molecule has 7 heteroatoms. The zero-order chi connectivity index (χ0) is 24.4. The summed E-state index contributed by atoms with van der Waals surface area (Å²) in [6, 6.07) is 7.93. The van der Waals surface area contributed by atoms with Crippen LogP contribution in [-0.2, 0) is 21.6 Å². The van der Waals surface area contributed by atoms with E-state index in [0.717, 1.165) is 68.0 Å². The molecule has 1 spiro atoms. The molecule has 35 heavy (non-hydrogen) atoms. The highest BCUT2D eigenvalue weighted by molar-refractivity contribution is 5.93. The topological polar surface area (TPSA) is 75.6 Å². The third-order valence-corrected chi connectivity index (χ3v) is 8.07. The highest BCUT2D eigenvalue weighted by Gasteiger charge is 2.49. The van der Waals surface area contributed by atoms with Gasteiger partial charge in [0, 0.05) is 49.1 Å². The van der Waals surface area contributed by atoms with Crippen molar-refractivity contribution in [1.82, 2.24) is 19.8 Å². The van der Waals surface area contributed by atoms with Crippen molar-refractivity contribution in [3.63, 3.8) is 0 Å². The van der Waals surface area contributed by atoms with Crippen LogP contribution in [0.15, 0.2) is 30.5 Å². The van der Waals surface area contributed by atoms with E-state index in [1.54, 1.807) is 0 Å². The smallest absolute Gasteiger partial charge is 0.358 e. The lowest BCUT2D eigenvalue weighted by atomic mass is 9.75. The third kappa shape index (κ3) is 4.83. The van der Waals surface area contributed by atoms with E-state index in [1.807, 2.05) is 42.4 Å². The van der Waals surface area contributed by atoms with Crippen LogP contribution in [0.25, 0.3) is 11.3 Å². The van der Waals surface area contributed by atoms with Crippen molar-refractivity contribution in [2.24, 2.45) is 5.92 Å². The molecular formula is C28H36N4O3. The van der Waals surface area contributed by atoms with Crippen molar-refractivity contribution in [3.8, 4) is 11.3 Å². The molecule has 5 rings (SSSR count). The van der Waals surface area contributed by atoms with Gasteiger partial charge in [-0.05, 0) is 76.2 Å². The van der Waals surface area contributed by atoms with E-state index in [9.17, 15) is 9.59 Å². The second-order valence-corrected chi connectivity index (χ2v) is 10.3. The highest BCUT2D eigenvalue weighted by Crippen LogP contribution is 2.48. The van der Waals surface area contributed by atoms with Crippen molar-refractivity contribution in [1.29, 1.82) is 0 Å². The summed E-state index contributed by atoms with van der Waals surface area (Å²) in [5.74, 6) is -0.147. The Balaban J connectivity index is 1.23. The van der Waals surface area contributed by atoms with E-state index >= 15 is 0 Å². The number of nitrogens with zero attached hydrogens (tertiary/aromatic N) is 4. The molecule has 1 saturated heterocycles. The molecule has 2 aromatic rings. The first-order valence-electron chi connectivity index (χ1n) is 13.2. The van der Waals surface area contributed by atoms with E-state index in [-0.39, 0.29) is 17.8 Å². The number of rotatable bonds is 6. The van der Waals surface area contributed by atoms with E-state index in [0.29, 0.717) is 18.5 Å². The van der Waals surface area contributed by atoms with Gasteiger partial charge in [-0.15, -0.1) is 0 Å². The largest absolute Gasteiger partial charge is 0.449 e. The quantitative estimate of drug-likeness (QED) is 0.582. The molecule has 1 amide bonds. The number of hydrogen-bond acceptors (Lipinski definition) is 6. The first kappa shape index (κ1) is 23.9. The van der Waals surface area contributed by atoms with Crippen molar-refractivity contribution in [3.05, 3.63) is 47.4 Å². The highest BCUT2D eigenvalue weighted by atomic mass is 16.6. The normalized spacial score (nSPS) is 24.3. The average molecular weight is 477 g/mol.